The largest absolute Gasteiger partial charge is 0.490 e. The van der Waals surface area contributed by atoms with Crippen LogP contribution in [-0.2, 0) is 0 Å². The molecule has 1 heterocycles. The van der Waals surface area contributed by atoms with Crippen LogP contribution in [0.2, 0.25) is 0 Å². The predicted molar refractivity (Wildman–Crippen MR) is 55.3 cm³/mol. The average Bonchev–Trinajstić information content (AvgIpc) is 2.04. The Morgan fingerprint density at radius 3 is 2.85 bits per heavy atom. The van der Waals surface area contributed by atoms with Gasteiger partial charge in [-0.3, -0.25) is 0 Å². The summed E-state index contributed by atoms with van der Waals surface area (Å²) in [6.45, 7) is 2.05. The van der Waals surface area contributed by atoms with E-state index in [1.54, 1.807) is 0 Å². The molecule has 2 rings (SSSR count). The number of rotatable bonds is 0. The second-order valence-corrected chi connectivity index (χ2v) is 3.31. The zero-order chi connectivity index (χ0) is 8.55. The lowest BCUT2D eigenvalue weighted by Crippen LogP contribution is -2.26. The summed E-state index contributed by atoms with van der Waals surface area (Å²) >= 11 is 0. The van der Waals surface area contributed by atoms with Crippen LogP contribution < -0.4 is 10.5 Å². The van der Waals surface area contributed by atoms with Crippen LogP contribution in [0.25, 0.3) is 0 Å². The highest BCUT2D eigenvalue weighted by Gasteiger charge is 2.21. The second kappa shape index (κ2) is 3.99. The number of ether oxygens (including phenoxy) is 1. The summed E-state index contributed by atoms with van der Waals surface area (Å²) in [5.74, 6) is 0.948. The Labute approximate surface area is 84.5 Å². The maximum absolute atomic E-state index is 5.96. The molecular weight excluding hydrogens is 186 g/mol. The lowest BCUT2D eigenvalue weighted by atomic mass is 9.98. The summed E-state index contributed by atoms with van der Waals surface area (Å²) < 4.78 is 5.62. The van der Waals surface area contributed by atoms with Gasteiger partial charge in [-0.1, -0.05) is 18.2 Å². The topological polar surface area (TPSA) is 35.2 Å². The van der Waals surface area contributed by atoms with Crippen LogP contribution in [0.15, 0.2) is 24.3 Å². The van der Waals surface area contributed by atoms with Gasteiger partial charge in [-0.2, -0.15) is 0 Å². The Morgan fingerprint density at radius 2 is 2.08 bits per heavy atom. The number of benzene rings is 1. The third-order valence-electron chi connectivity index (χ3n) is 2.23. The van der Waals surface area contributed by atoms with Gasteiger partial charge in [0.15, 0.2) is 0 Å². The van der Waals surface area contributed by atoms with Crippen LogP contribution in [0.3, 0.4) is 0 Å². The molecule has 0 amide bonds. The Hall–Kier alpha value is -0.730. The fraction of sp³-hybridized carbons (Fsp3) is 0.400. The minimum Gasteiger partial charge on any atom is -0.490 e. The van der Waals surface area contributed by atoms with Crippen molar-refractivity contribution in [1.82, 2.24) is 0 Å². The minimum absolute atomic E-state index is 0. The van der Waals surface area contributed by atoms with Gasteiger partial charge >= 0.3 is 0 Å². The van der Waals surface area contributed by atoms with Crippen molar-refractivity contribution >= 4 is 12.4 Å². The average molecular weight is 200 g/mol. The molecule has 0 spiro atoms. The van der Waals surface area contributed by atoms with E-state index in [0.29, 0.717) is 0 Å². The molecule has 2 N–H and O–H groups in total. The predicted octanol–water partition coefficient (Wildman–Crippen LogP) is 2.28. The molecule has 1 aliphatic heterocycles. The highest BCUT2D eigenvalue weighted by molar-refractivity contribution is 5.85. The van der Waals surface area contributed by atoms with E-state index in [1.165, 1.54) is 0 Å². The minimum atomic E-state index is 0. The molecule has 0 fully saturated rings. The maximum Gasteiger partial charge on any atom is 0.124 e. The van der Waals surface area contributed by atoms with Crippen molar-refractivity contribution in [1.29, 1.82) is 0 Å². The summed E-state index contributed by atoms with van der Waals surface area (Å²) in [5, 5.41) is 0. The molecule has 0 radical (unpaired) electrons. The molecule has 1 aliphatic rings. The number of fused-ring (bicyclic) bond motifs is 1. The fourth-order valence-corrected chi connectivity index (χ4v) is 1.64. The molecule has 1 aromatic carbocycles. The SMILES string of the molecule is CC1CC(N)c2ccccc2O1.Cl. The van der Waals surface area contributed by atoms with Gasteiger partial charge in [0, 0.05) is 18.0 Å². The number of para-hydroxylation sites is 1. The normalized spacial score (nSPS) is 25.4. The maximum atomic E-state index is 5.96. The lowest BCUT2D eigenvalue weighted by molar-refractivity contribution is 0.177. The molecule has 0 saturated heterocycles. The van der Waals surface area contributed by atoms with Gasteiger partial charge < -0.3 is 10.5 Å². The first-order chi connectivity index (χ1) is 5.77. The zero-order valence-electron chi connectivity index (χ0n) is 7.57. The van der Waals surface area contributed by atoms with Crippen LogP contribution in [0.1, 0.15) is 24.9 Å². The third kappa shape index (κ3) is 1.95. The van der Waals surface area contributed by atoms with Crippen LogP contribution in [0.4, 0.5) is 0 Å². The van der Waals surface area contributed by atoms with Crippen molar-refractivity contribution in [3.8, 4) is 5.75 Å². The van der Waals surface area contributed by atoms with E-state index in [4.69, 9.17) is 10.5 Å². The quantitative estimate of drug-likeness (QED) is 0.696. The van der Waals surface area contributed by atoms with E-state index in [2.05, 4.69) is 6.92 Å². The van der Waals surface area contributed by atoms with Crippen molar-refractivity contribution in [2.24, 2.45) is 5.73 Å². The van der Waals surface area contributed by atoms with Gasteiger partial charge in [0.05, 0.1) is 6.10 Å². The Bertz CT molecular complexity index is 290. The number of hydrogen-bond donors (Lipinski definition) is 1. The fourth-order valence-electron chi connectivity index (χ4n) is 1.64. The smallest absolute Gasteiger partial charge is 0.124 e. The van der Waals surface area contributed by atoms with Crippen LogP contribution in [0, 0.1) is 0 Å². The summed E-state index contributed by atoms with van der Waals surface area (Å²) in [7, 11) is 0. The molecule has 0 bridgehead atoms. The van der Waals surface area contributed by atoms with E-state index < -0.39 is 0 Å². The van der Waals surface area contributed by atoms with Crippen molar-refractivity contribution in [3.05, 3.63) is 29.8 Å². The highest BCUT2D eigenvalue weighted by atomic mass is 35.5. The van der Waals surface area contributed by atoms with Gasteiger partial charge in [0.1, 0.15) is 5.75 Å². The first kappa shape index (κ1) is 10.4. The zero-order valence-corrected chi connectivity index (χ0v) is 8.38. The lowest BCUT2D eigenvalue weighted by Gasteiger charge is -2.27. The van der Waals surface area contributed by atoms with Gasteiger partial charge in [0.2, 0.25) is 0 Å². The van der Waals surface area contributed by atoms with E-state index in [9.17, 15) is 0 Å². The molecule has 1 aromatic rings. The summed E-state index contributed by atoms with van der Waals surface area (Å²) in [4.78, 5) is 0. The first-order valence-electron chi connectivity index (χ1n) is 4.28. The van der Waals surface area contributed by atoms with Crippen molar-refractivity contribution in [2.75, 3.05) is 0 Å². The number of halogens is 1. The highest BCUT2D eigenvalue weighted by Crippen LogP contribution is 2.32. The van der Waals surface area contributed by atoms with Gasteiger partial charge in [-0.25, -0.2) is 0 Å². The molecule has 0 saturated carbocycles. The third-order valence-corrected chi connectivity index (χ3v) is 2.23. The van der Waals surface area contributed by atoms with Crippen LogP contribution in [-0.4, -0.2) is 6.10 Å². The van der Waals surface area contributed by atoms with E-state index in [0.717, 1.165) is 17.7 Å². The molecule has 0 aliphatic carbocycles. The molecule has 2 nitrogen and oxygen atoms in total. The summed E-state index contributed by atoms with van der Waals surface area (Å²) in [6.07, 6.45) is 1.16. The Morgan fingerprint density at radius 1 is 1.38 bits per heavy atom. The molecule has 3 heteroatoms. The van der Waals surface area contributed by atoms with E-state index in [1.807, 2.05) is 24.3 Å². The van der Waals surface area contributed by atoms with E-state index in [-0.39, 0.29) is 24.6 Å². The second-order valence-electron chi connectivity index (χ2n) is 3.31. The molecule has 0 aromatic heterocycles. The van der Waals surface area contributed by atoms with E-state index >= 15 is 0 Å². The Balaban J connectivity index is 0.000000845. The monoisotopic (exact) mass is 199 g/mol. The molecule has 2 unspecified atom stereocenters. The van der Waals surface area contributed by atoms with Crippen molar-refractivity contribution in [3.63, 3.8) is 0 Å². The Kier molecular flexibility index (Phi) is 3.17. The summed E-state index contributed by atoms with van der Waals surface area (Å²) in [6, 6.07) is 8.13. The van der Waals surface area contributed by atoms with Crippen LogP contribution in [0.5, 0.6) is 5.75 Å². The van der Waals surface area contributed by atoms with Crippen molar-refractivity contribution < 1.29 is 4.74 Å². The molecule has 72 valence electrons. The molecular formula is C10H14ClNO. The van der Waals surface area contributed by atoms with Gasteiger partial charge in [-0.15, -0.1) is 12.4 Å². The molecule has 2 atom stereocenters. The van der Waals surface area contributed by atoms with Gasteiger partial charge in [0.25, 0.3) is 0 Å². The van der Waals surface area contributed by atoms with Crippen LogP contribution >= 0.6 is 12.4 Å². The number of nitrogens with two attached hydrogens (primary N) is 1. The standard InChI is InChI=1S/C10H13NO.ClH/c1-7-6-9(11)8-4-2-3-5-10(8)12-7;/h2-5,7,9H,6,11H2,1H3;1H. The number of hydrogen-bond acceptors (Lipinski definition) is 2. The molecule has 13 heavy (non-hydrogen) atoms. The van der Waals surface area contributed by atoms with Crippen molar-refractivity contribution in [2.45, 2.75) is 25.5 Å². The summed E-state index contributed by atoms with van der Waals surface area (Å²) in [5.41, 5.74) is 7.09. The van der Waals surface area contributed by atoms with Gasteiger partial charge in [-0.05, 0) is 13.0 Å². The first-order valence-corrected chi connectivity index (χ1v) is 4.28.